The van der Waals surface area contributed by atoms with Crippen LogP contribution in [0.5, 0.6) is 11.6 Å². The second-order valence-electron chi connectivity index (χ2n) is 3.61. The van der Waals surface area contributed by atoms with Gasteiger partial charge >= 0.3 is 0 Å². The number of nitrogens with zero attached hydrogens (tertiary/aromatic N) is 1. The van der Waals surface area contributed by atoms with Crippen molar-refractivity contribution in [1.82, 2.24) is 4.98 Å². The first-order chi connectivity index (χ1) is 8.61. The lowest BCUT2D eigenvalue weighted by molar-refractivity contribution is 0.458. The molecule has 94 valence electrons. The number of ether oxygens (including phenoxy) is 1. The molecule has 0 bridgehead atoms. The van der Waals surface area contributed by atoms with Gasteiger partial charge in [-0.2, -0.15) is 4.98 Å². The third kappa shape index (κ3) is 2.89. The highest BCUT2D eigenvalue weighted by Crippen LogP contribution is 2.34. The fraction of sp³-hybridized carbons (Fsp3) is 0.154. The monoisotopic (exact) mass is 301 g/mol. The predicted molar refractivity (Wildman–Crippen MR) is 75.2 cm³/mol. The summed E-state index contributed by atoms with van der Waals surface area (Å²) < 4.78 is 5.68. The van der Waals surface area contributed by atoms with E-state index in [2.05, 4.69) is 4.98 Å². The number of para-hydroxylation sites is 1. The molecule has 1 aromatic heterocycles. The van der Waals surface area contributed by atoms with Crippen LogP contribution >= 0.6 is 34.8 Å². The van der Waals surface area contributed by atoms with E-state index in [0.29, 0.717) is 15.8 Å². The second kappa shape index (κ2) is 5.79. The smallest absolute Gasteiger partial charge is 0.239 e. The van der Waals surface area contributed by atoms with Gasteiger partial charge in [-0.25, -0.2) is 0 Å². The molecule has 18 heavy (non-hydrogen) atoms. The lowest BCUT2D eigenvalue weighted by Crippen LogP contribution is -1.93. The lowest BCUT2D eigenvalue weighted by atomic mass is 10.1. The summed E-state index contributed by atoms with van der Waals surface area (Å²) in [4.78, 5) is 4.02. The normalized spacial score (nSPS) is 10.4. The summed E-state index contributed by atoms with van der Waals surface area (Å²) in [7, 11) is 0. The predicted octanol–water partition coefficient (Wildman–Crippen LogP) is 5.40. The fourth-order valence-corrected chi connectivity index (χ4v) is 2.03. The fourth-order valence-electron chi connectivity index (χ4n) is 1.50. The van der Waals surface area contributed by atoms with Gasteiger partial charge in [-0.1, -0.05) is 59.9 Å². The molecule has 0 unspecified atom stereocenters. The topological polar surface area (TPSA) is 22.1 Å². The number of aryl methyl sites for hydroxylation is 1. The molecule has 1 aromatic carbocycles. The van der Waals surface area contributed by atoms with Crippen molar-refractivity contribution in [3.05, 3.63) is 51.1 Å². The van der Waals surface area contributed by atoms with Crippen LogP contribution in [0.3, 0.4) is 0 Å². The first kappa shape index (κ1) is 13.5. The molecule has 0 fully saturated rings. The van der Waals surface area contributed by atoms with Crippen LogP contribution in [-0.2, 0) is 6.42 Å². The van der Waals surface area contributed by atoms with Gasteiger partial charge < -0.3 is 4.74 Å². The first-order valence-electron chi connectivity index (χ1n) is 5.39. The van der Waals surface area contributed by atoms with Crippen LogP contribution in [0, 0.1) is 0 Å². The van der Waals surface area contributed by atoms with E-state index >= 15 is 0 Å². The van der Waals surface area contributed by atoms with E-state index < -0.39 is 0 Å². The van der Waals surface area contributed by atoms with Crippen molar-refractivity contribution >= 4 is 34.8 Å². The number of hydrogen-bond donors (Lipinski definition) is 0. The maximum absolute atomic E-state index is 6.02. The second-order valence-corrected chi connectivity index (χ2v) is 4.78. The van der Waals surface area contributed by atoms with Gasteiger partial charge in [-0.3, -0.25) is 0 Å². The minimum absolute atomic E-state index is 0.171. The summed E-state index contributed by atoms with van der Waals surface area (Å²) >= 11 is 17.7. The van der Waals surface area contributed by atoms with Crippen LogP contribution < -0.4 is 4.74 Å². The van der Waals surface area contributed by atoms with Crippen LogP contribution in [0.2, 0.25) is 15.2 Å². The van der Waals surface area contributed by atoms with Crippen molar-refractivity contribution in [2.75, 3.05) is 0 Å². The van der Waals surface area contributed by atoms with E-state index in [0.717, 1.165) is 12.0 Å². The van der Waals surface area contributed by atoms with Crippen molar-refractivity contribution in [2.24, 2.45) is 0 Å². The Bertz CT molecular complexity index is 572. The van der Waals surface area contributed by atoms with Gasteiger partial charge in [0.05, 0.1) is 5.02 Å². The Morgan fingerprint density at radius 3 is 2.56 bits per heavy atom. The third-order valence-electron chi connectivity index (χ3n) is 2.41. The average Bonchev–Trinajstić information content (AvgIpc) is 2.36. The Morgan fingerprint density at radius 1 is 1.11 bits per heavy atom. The summed E-state index contributed by atoms with van der Waals surface area (Å²) in [5.74, 6) is 0.972. The third-order valence-corrected chi connectivity index (χ3v) is 3.36. The highest BCUT2D eigenvalue weighted by atomic mass is 35.5. The quantitative estimate of drug-likeness (QED) is 0.708. The maximum atomic E-state index is 6.02. The van der Waals surface area contributed by atoms with Gasteiger partial charge in [0.25, 0.3) is 0 Å². The van der Waals surface area contributed by atoms with E-state index in [-0.39, 0.29) is 11.0 Å². The van der Waals surface area contributed by atoms with Gasteiger partial charge in [0.1, 0.15) is 10.8 Å². The number of halogens is 3. The maximum Gasteiger partial charge on any atom is 0.239 e. The Balaban J connectivity index is 2.37. The Labute approximate surface area is 120 Å². The van der Waals surface area contributed by atoms with Crippen LogP contribution in [0.1, 0.15) is 12.5 Å². The molecule has 2 rings (SSSR count). The van der Waals surface area contributed by atoms with Crippen molar-refractivity contribution in [3.8, 4) is 11.6 Å². The Morgan fingerprint density at radius 2 is 1.83 bits per heavy atom. The van der Waals surface area contributed by atoms with Crippen LogP contribution in [-0.4, -0.2) is 4.98 Å². The minimum Gasteiger partial charge on any atom is -0.437 e. The molecule has 0 aliphatic carbocycles. The summed E-state index contributed by atoms with van der Waals surface area (Å²) in [6.45, 7) is 2.05. The van der Waals surface area contributed by atoms with Crippen molar-refractivity contribution in [2.45, 2.75) is 13.3 Å². The number of benzene rings is 1. The molecule has 2 aromatic rings. The summed E-state index contributed by atoms with van der Waals surface area (Å²) in [6, 6.07) is 9.21. The molecule has 5 heteroatoms. The molecule has 2 nitrogen and oxygen atoms in total. The molecule has 0 aliphatic heterocycles. The highest BCUT2D eigenvalue weighted by Gasteiger charge is 2.11. The van der Waals surface area contributed by atoms with Gasteiger partial charge in [0.2, 0.25) is 5.88 Å². The van der Waals surface area contributed by atoms with Crippen LogP contribution in [0.4, 0.5) is 0 Å². The van der Waals surface area contributed by atoms with E-state index in [1.165, 1.54) is 6.07 Å². The first-order valence-corrected chi connectivity index (χ1v) is 6.52. The Kier molecular flexibility index (Phi) is 4.33. The van der Waals surface area contributed by atoms with Crippen molar-refractivity contribution in [3.63, 3.8) is 0 Å². The largest absolute Gasteiger partial charge is 0.437 e. The van der Waals surface area contributed by atoms with Gasteiger partial charge in [-0.05, 0) is 24.1 Å². The molecule has 1 heterocycles. The number of pyridine rings is 1. The number of rotatable bonds is 3. The average molecular weight is 303 g/mol. The molecular weight excluding hydrogens is 293 g/mol. The highest BCUT2D eigenvalue weighted by molar-refractivity contribution is 6.42. The molecule has 0 saturated carbocycles. The van der Waals surface area contributed by atoms with Gasteiger partial charge in [0, 0.05) is 0 Å². The molecule has 0 saturated heterocycles. The molecule has 0 spiro atoms. The van der Waals surface area contributed by atoms with E-state index in [1.807, 2.05) is 31.2 Å². The van der Waals surface area contributed by atoms with Gasteiger partial charge in [-0.15, -0.1) is 0 Å². The molecule has 0 aliphatic rings. The van der Waals surface area contributed by atoms with Crippen molar-refractivity contribution in [1.29, 1.82) is 0 Å². The summed E-state index contributed by atoms with van der Waals surface area (Å²) in [5, 5.41) is 0.804. The van der Waals surface area contributed by atoms with E-state index in [9.17, 15) is 0 Å². The minimum atomic E-state index is 0.171. The Hall–Kier alpha value is -0.960. The lowest BCUT2D eigenvalue weighted by Gasteiger charge is -2.10. The van der Waals surface area contributed by atoms with Gasteiger partial charge in [0.15, 0.2) is 5.15 Å². The molecule has 0 amide bonds. The molecule has 0 atom stereocenters. The molecule has 0 N–H and O–H groups in total. The number of hydrogen-bond acceptors (Lipinski definition) is 2. The zero-order chi connectivity index (χ0) is 13.1. The zero-order valence-electron chi connectivity index (χ0n) is 9.58. The molecule has 0 radical (unpaired) electrons. The van der Waals surface area contributed by atoms with Crippen molar-refractivity contribution < 1.29 is 4.74 Å². The van der Waals surface area contributed by atoms with Crippen LogP contribution in [0.25, 0.3) is 0 Å². The van der Waals surface area contributed by atoms with E-state index in [4.69, 9.17) is 39.5 Å². The summed E-state index contributed by atoms with van der Waals surface area (Å²) in [5.41, 5.74) is 1.07. The summed E-state index contributed by atoms with van der Waals surface area (Å²) in [6.07, 6.45) is 0.856. The SMILES string of the molecule is CCc1ccccc1Oc1nc(Cl)c(Cl)cc1Cl. The zero-order valence-corrected chi connectivity index (χ0v) is 11.9. The van der Waals surface area contributed by atoms with Crippen LogP contribution in [0.15, 0.2) is 30.3 Å². The van der Waals surface area contributed by atoms with E-state index in [1.54, 1.807) is 0 Å². The molecular formula is C13H10Cl3NO. The number of aromatic nitrogens is 1. The standard InChI is InChI=1S/C13H10Cl3NO/c1-2-8-5-3-4-6-11(8)18-13-10(15)7-9(14)12(16)17-13/h3-7H,2H2,1H3.